The lowest BCUT2D eigenvalue weighted by Crippen LogP contribution is -2.64. The van der Waals surface area contributed by atoms with E-state index in [0.29, 0.717) is 12.8 Å². The van der Waals surface area contributed by atoms with Gasteiger partial charge in [0.1, 0.15) is 0 Å². The molecule has 0 spiro atoms. The molecule has 0 aromatic heterocycles. The van der Waals surface area contributed by atoms with Gasteiger partial charge in [0, 0.05) is 27.8 Å². The molecule has 1 aliphatic rings. The second-order valence-electron chi connectivity index (χ2n) is 3.70. The third-order valence-corrected chi connectivity index (χ3v) is 3.25. The molecule has 1 atom stereocenters. The Kier molecular flexibility index (Phi) is 3.70. The second kappa shape index (κ2) is 4.47. The number of ether oxygens (including phenoxy) is 3. The molecule has 0 bridgehead atoms. The number of carboxylic acids is 1. The topological polar surface area (TPSA) is 65.0 Å². The summed E-state index contributed by atoms with van der Waals surface area (Å²) in [6, 6.07) is 0. The van der Waals surface area contributed by atoms with Gasteiger partial charge in [-0.05, 0) is 19.3 Å². The van der Waals surface area contributed by atoms with Crippen LogP contribution in [-0.4, -0.2) is 43.8 Å². The Morgan fingerprint density at radius 3 is 1.93 bits per heavy atom. The molecular weight excluding hydrogens is 200 g/mol. The summed E-state index contributed by atoms with van der Waals surface area (Å²) in [4.78, 5) is 11.4. The molecule has 0 aromatic carbocycles. The summed E-state index contributed by atoms with van der Waals surface area (Å²) in [5.41, 5.74) is -1.39. The first-order valence-electron chi connectivity index (χ1n) is 4.97. The van der Waals surface area contributed by atoms with Crippen LogP contribution in [0.25, 0.3) is 0 Å². The van der Waals surface area contributed by atoms with Crippen LogP contribution in [0.1, 0.15) is 25.7 Å². The fourth-order valence-electron chi connectivity index (χ4n) is 2.36. The molecule has 1 fully saturated rings. The van der Waals surface area contributed by atoms with Crippen molar-refractivity contribution in [2.45, 2.75) is 37.1 Å². The van der Waals surface area contributed by atoms with Crippen molar-refractivity contribution >= 4 is 5.97 Å². The summed E-state index contributed by atoms with van der Waals surface area (Å²) in [5.74, 6) is -2.21. The van der Waals surface area contributed by atoms with Gasteiger partial charge in [-0.1, -0.05) is 0 Å². The van der Waals surface area contributed by atoms with E-state index in [1.54, 1.807) is 0 Å². The maximum absolute atomic E-state index is 11.4. The Morgan fingerprint density at radius 1 is 1.07 bits per heavy atom. The zero-order valence-electron chi connectivity index (χ0n) is 9.41. The lowest BCUT2D eigenvalue weighted by Gasteiger charge is -2.47. The highest BCUT2D eigenvalue weighted by Crippen LogP contribution is 2.42. The molecule has 5 nitrogen and oxygen atoms in total. The molecule has 1 N–H and O–H groups in total. The maximum atomic E-state index is 11.4. The molecule has 5 heteroatoms. The molecule has 1 aliphatic carbocycles. The van der Waals surface area contributed by atoms with Crippen molar-refractivity contribution in [3.63, 3.8) is 0 Å². The van der Waals surface area contributed by atoms with Crippen LogP contribution in [-0.2, 0) is 19.0 Å². The highest BCUT2D eigenvalue weighted by atomic mass is 16.7. The average Bonchev–Trinajstić information content (AvgIpc) is 2.28. The molecule has 0 saturated heterocycles. The van der Waals surface area contributed by atoms with Crippen molar-refractivity contribution in [1.29, 1.82) is 0 Å². The minimum Gasteiger partial charge on any atom is -0.479 e. The molecule has 88 valence electrons. The molecule has 1 saturated carbocycles. The fraction of sp³-hybridized carbons (Fsp3) is 0.900. The molecule has 0 amide bonds. The first kappa shape index (κ1) is 12.4. The molecule has 15 heavy (non-hydrogen) atoms. The van der Waals surface area contributed by atoms with Crippen LogP contribution in [0.4, 0.5) is 0 Å². The Morgan fingerprint density at radius 2 is 1.60 bits per heavy atom. The lowest BCUT2D eigenvalue weighted by atomic mass is 9.78. The van der Waals surface area contributed by atoms with Gasteiger partial charge < -0.3 is 19.3 Å². The van der Waals surface area contributed by atoms with Crippen molar-refractivity contribution in [2.75, 3.05) is 21.3 Å². The summed E-state index contributed by atoms with van der Waals surface area (Å²) in [5, 5.41) is 9.30. The van der Waals surface area contributed by atoms with Crippen LogP contribution in [0.5, 0.6) is 0 Å². The normalized spacial score (nSPS) is 30.1. The van der Waals surface area contributed by atoms with E-state index < -0.39 is 17.4 Å². The summed E-state index contributed by atoms with van der Waals surface area (Å²) in [6.45, 7) is 0. The quantitative estimate of drug-likeness (QED) is 0.714. The van der Waals surface area contributed by atoms with Crippen molar-refractivity contribution in [1.82, 2.24) is 0 Å². The van der Waals surface area contributed by atoms with Gasteiger partial charge in [0.15, 0.2) is 0 Å². The second-order valence-corrected chi connectivity index (χ2v) is 3.70. The van der Waals surface area contributed by atoms with Gasteiger partial charge in [0.2, 0.25) is 11.4 Å². The van der Waals surface area contributed by atoms with E-state index in [2.05, 4.69) is 0 Å². The fourth-order valence-corrected chi connectivity index (χ4v) is 2.36. The number of hydrogen-bond acceptors (Lipinski definition) is 4. The van der Waals surface area contributed by atoms with Crippen LogP contribution in [0.15, 0.2) is 0 Å². The number of carboxylic acid groups (broad SMARTS) is 1. The first-order valence-corrected chi connectivity index (χ1v) is 4.97. The molecule has 1 unspecified atom stereocenters. The van der Waals surface area contributed by atoms with Gasteiger partial charge >= 0.3 is 5.97 Å². The number of aliphatic carboxylic acids is 1. The Hall–Kier alpha value is -0.650. The van der Waals surface area contributed by atoms with Crippen LogP contribution in [0.3, 0.4) is 0 Å². The monoisotopic (exact) mass is 218 g/mol. The van der Waals surface area contributed by atoms with Crippen LogP contribution < -0.4 is 0 Å². The standard InChI is InChI=1S/C10H18O5/c1-13-9(8(11)12)6-4-5-7-10(9,14-2)15-3/h4-7H2,1-3H3,(H,11,12). The first-order chi connectivity index (χ1) is 7.08. The number of methoxy groups -OCH3 is 3. The zero-order chi connectivity index (χ0) is 11.5. The average molecular weight is 218 g/mol. The van der Waals surface area contributed by atoms with Gasteiger partial charge in [-0.3, -0.25) is 0 Å². The lowest BCUT2D eigenvalue weighted by molar-refractivity contribution is -0.316. The zero-order valence-corrected chi connectivity index (χ0v) is 9.41. The summed E-state index contributed by atoms with van der Waals surface area (Å²) < 4.78 is 15.7. The van der Waals surface area contributed by atoms with Crippen molar-refractivity contribution in [3.8, 4) is 0 Å². The van der Waals surface area contributed by atoms with Gasteiger partial charge in [0.25, 0.3) is 0 Å². The van der Waals surface area contributed by atoms with E-state index >= 15 is 0 Å². The SMILES string of the molecule is COC1(OC)CCCCC1(OC)C(=O)O. The molecule has 0 heterocycles. The van der Waals surface area contributed by atoms with Crippen LogP contribution in [0, 0.1) is 0 Å². The molecule has 0 radical (unpaired) electrons. The largest absolute Gasteiger partial charge is 0.479 e. The van der Waals surface area contributed by atoms with Crippen molar-refractivity contribution in [3.05, 3.63) is 0 Å². The predicted molar refractivity (Wildman–Crippen MR) is 52.6 cm³/mol. The van der Waals surface area contributed by atoms with Gasteiger partial charge in [-0.25, -0.2) is 4.79 Å². The van der Waals surface area contributed by atoms with Crippen LogP contribution >= 0.6 is 0 Å². The van der Waals surface area contributed by atoms with Gasteiger partial charge in [-0.2, -0.15) is 0 Å². The van der Waals surface area contributed by atoms with Gasteiger partial charge in [0.05, 0.1) is 0 Å². The predicted octanol–water partition coefficient (Wildman–Crippen LogP) is 1.02. The summed E-state index contributed by atoms with van der Waals surface area (Å²) >= 11 is 0. The van der Waals surface area contributed by atoms with E-state index in [1.165, 1.54) is 21.3 Å². The number of hydrogen-bond donors (Lipinski definition) is 1. The Bertz CT molecular complexity index is 236. The minimum absolute atomic E-state index is 0.403. The molecule has 0 aromatic rings. The minimum atomic E-state index is -1.39. The smallest absolute Gasteiger partial charge is 0.341 e. The Balaban J connectivity index is 3.13. The van der Waals surface area contributed by atoms with E-state index in [9.17, 15) is 9.90 Å². The Labute approximate surface area is 89.3 Å². The molecule has 1 rings (SSSR count). The van der Waals surface area contributed by atoms with E-state index in [4.69, 9.17) is 14.2 Å². The van der Waals surface area contributed by atoms with E-state index in [1.807, 2.05) is 0 Å². The third kappa shape index (κ3) is 1.64. The van der Waals surface area contributed by atoms with E-state index in [-0.39, 0.29) is 0 Å². The highest BCUT2D eigenvalue weighted by Gasteiger charge is 2.60. The molecular formula is C10H18O5. The number of carbonyl (C=O) groups is 1. The van der Waals surface area contributed by atoms with Crippen LogP contribution in [0.2, 0.25) is 0 Å². The maximum Gasteiger partial charge on any atom is 0.341 e. The summed E-state index contributed by atoms with van der Waals surface area (Å²) in [7, 11) is 4.28. The number of rotatable bonds is 4. The van der Waals surface area contributed by atoms with Gasteiger partial charge in [-0.15, -0.1) is 0 Å². The van der Waals surface area contributed by atoms with Crippen molar-refractivity contribution < 1.29 is 24.1 Å². The highest BCUT2D eigenvalue weighted by molar-refractivity contribution is 5.79. The van der Waals surface area contributed by atoms with Crippen molar-refractivity contribution in [2.24, 2.45) is 0 Å². The third-order valence-electron chi connectivity index (χ3n) is 3.25. The molecule has 0 aliphatic heterocycles. The van der Waals surface area contributed by atoms with E-state index in [0.717, 1.165) is 12.8 Å². The summed E-state index contributed by atoms with van der Waals surface area (Å²) in [6.07, 6.45) is 2.61.